The average molecular weight is 289 g/mol. The van der Waals surface area contributed by atoms with Gasteiger partial charge in [0.05, 0.1) is 6.42 Å². The maximum absolute atomic E-state index is 11.8. The number of carbonyl (C=O) groups excluding carboxylic acids is 2. The van der Waals surface area contributed by atoms with Gasteiger partial charge < -0.3 is 15.2 Å². The van der Waals surface area contributed by atoms with Crippen molar-refractivity contribution in [2.24, 2.45) is 10.8 Å². The Labute approximate surface area is 118 Å². The van der Waals surface area contributed by atoms with Gasteiger partial charge in [0.2, 0.25) is 0 Å². The molecule has 0 bridgehead atoms. The predicted molar refractivity (Wildman–Crippen MR) is 76.2 cm³/mol. The van der Waals surface area contributed by atoms with Crippen LogP contribution in [-0.2, 0) is 14.4 Å². The van der Waals surface area contributed by atoms with Crippen LogP contribution in [0.15, 0.2) is 0 Å². The van der Waals surface area contributed by atoms with E-state index in [-0.39, 0.29) is 11.5 Å². The molecule has 0 heterocycles. The molecular formula is C13H23NO4S. The lowest BCUT2D eigenvalue weighted by Gasteiger charge is -2.20. The molecule has 19 heavy (non-hydrogen) atoms. The topological polar surface area (TPSA) is 83.5 Å². The number of aldehydes is 1. The van der Waals surface area contributed by atoms with Crippen molar-refractivity contribution in [3.05, 3.63) is 0 Å². The van der Waals surface area contributed by atoms with E-state index in [9.17, 15) is 14.4 Å². The third kappa shape index (κ3) is 8.00. The first-order valence-electron chi connectivity index (χ1n) is 6.17. The summed E-state index contributed by atoms with van der Waals surface area (Å²) in [6.45, 7) is 8.11. The second-order valence-electron chi connectivity index (χ2n) is 5.87. The Kier molecular flexibility index (Phi) is 7.29. The molecule has 110 valence electrons. The molecule has 0 unspecified atom stereocenters. The molecule has 0 aromatic heterocycles. The highest BCUT2D eigenvalue weighted by Gasteiger charge is 2.30. The minimum atomic E-state index is -0.968. The van der Waals surface area contributed by atoms with Crippen molar-refractivity contribution in [1.82, 2.24) is 5.32 Å². The summed E-state index contributed by atoms with van der Waals surface area (Å²) in [5.41, 5.74) is -1.25. The molecule has 0 radical (unpaired) electrons. The number of carboxylic acid groups (broad SMARTS) is 1. The number of nitrogens with one attached hydrogen (secondary N) is 1. The molecule has 0 fully saturated rings. The SMILES string of the molecule is CC(C)(C=O)CNCCSC(=O)C(C)(C)CC(=O)O. The average Bonchev–Trinajstić information content (AvgIpc) is 2.26. The first-order valence-corrected chi connectivity index (χ1v) is 7.15. The van der Waals surface area contributed by atoms with Crippen LogP contribution in [0.1, 0.15) is 34.1 Å². The third-order valence-electron chi connectivity index (χ3n) is 2.56. The second kappa shape index (κ2) is 7.65. The van der Waals surface area contributed by atoms with E-state index >= 15 is 0 Å². The number of hydrogen-bond donors (Lipinski definition) is 2. The van der Waals surface area contributed by atoms with Gasteiger partial charge in [0.25, 0.3) is 0 Å². The molecule has 0 spiro atoms. The number of rotatable bonds is 9. The fourth-order valence-electron chi connectivity index (χ4n) is 1.31. The molecule has 0 rings (SSSR count). The minimum absolute atomic E-state index is 0.119. The fourth-order valence-corrected chi connectivity index (χ4v) is 2.21. The second-order valence-corrected chi connectivity index (χ2v) is 6.94. The van der Waals surface area contributed by atoms with Gasteiger partial charge in [-0.05, 0) is 0 Å². The van der Waals surface area contributed by atoms with Gasteiger partial charge in [-0.15, -0.1) is 0 Å². The van der Waals surface area contributed by atoms with E-state index < -0.39 is 16.8 Å². The van der Waals surface area contributed by atoms with Crippen LogP contribution in [0, 0.1) is 10.8 Å². The van der Waals surface area contributed by atoms with Gasteiger partial charge in [0, 0.05) is 29.7 Å². The molecule has 0 aromatic rings. The fraction of sp³-hybridized carbons (Fsp3) is 0.769. The zero-order chi connectivity index (χ0) is 15.1. The Morgan fingerprint density at radius 1 is 1.26 bits per heavy atom. The Bertz CT molecular complexity index is 340. The summed E-state index contributed by atoms with van der Waals surface area (Å²) in [7, 11) is 0. The Hall–Kier alpha value is -0.880. The van der Waals surface area contributed by atoms with Crippen LogP contribution in [0.3, 0.4) is 0 Å². The summed E-state index contributed by atoms with van der Waals surface area (Å²) in [5, 5.41) is 11.7. The van der Waals surface area contributed by atoms with Crippen LogP contribution < -0.4 is 5.32 Å². The predicted octanol–water partition coefficient (Wildman–Crippen LogP) is 1.56. The number of hydrogen-bond acceptors (Lipinski definition) is 5. The maximum atomic E-state index is 11.8. The normalized spacial score (nSPS) is 12.2. The van der Waals surface area contributed by atoms with Gasteiger partial charge in [-0.3, -0.25) is 9.59 Å². The van der Waals surface area contributed by atoms with E-state index in [0.717, 1.165) is 18.0 Å². The molecular weight excluding hydrogens is 266 g/mol. The van der Waals surface area contributed by atoms with Crippen molar-refractivity contribution >= 4 is 29.1 Å². The highest BCUT2D eigenvalue weighted by atomic mass is 32.2. The minimum Gasteiger partial charge on any atom is -0.481 e. The van der Waals surface area contributed by atoms with Crippen LogP contribution in [0.2, 0.25) is 0 Å². The van der Waals surface area contributed by atoms with E-state index in [4.69, 9.17) is 5.11 Å². The molecule has 0 aliphatic carbocycles. The number of carboxylic acids is 1. The lowest BCUT2D eigenvalue weighted by Crippen LogP contribution is -2.32. The lowest BCUT2D eigenvalue weighted by molar-refractivity contribution is -0.141. The number of thioether (sulfide) groups is 1. The van der Waals surface area contributed by atoms with Gasteiger partial charge in [-0.1, -0.05) is 39.5 Å². The Morgan fingerprint density at radius 3 is 2.32 bits per heavy atom. The highest BCUT2D eigenvalue weighted by Crippen LogP contribution is 2.27. The van der Waals surface area contributed by atoms with E-state index in [1.807, 2.05) is 13.8 Å². The van der Waals surface area contributed by atoms with Crippen LogP contribution >= 0.6 is 11.8 Å². The summed E-state index contributed by atoms with van der Waals surface area (Å²) >= 11 is 1.13. The quantitative estimate of drug-likeness (QED) is 0.495. The monoisotopic (exact) mass is 289 g/mol. The molecule has 0 atom stereocenters. The first-order chi connectivity index (χ1) is 8.60. The summed E-state index contributed by atoms with van der Waals surface area (Å²) in [6.07, 6.45) is 0.735. The van der Waals surface area contributed by atoms with Crippen LogP contribution in [0.25, 0.3) is 0 Å². The van der Waals surface area contributed by atoms with Gasteiger partial charge in [-0.2, -0.15) is 0 Å². The molecule has 0 aliphatic heterocycles. The van der Waals surface area contributed by atoms with Gasteiger partial charge >= 0.3 is 5.97 Å². The summed E-state index contributed by atoms with van der Waals surface area (Å²) < 4.78 is 0. The van der Waals surface area contributed by atoms with Crippen molar-refractivity contribution < 1.29 is 19.5 Å². The van der Waals surface area contributed by atoms with Gasteiger partial charge in [-0.25, -0.2) is 0 Å². The maximum Gasteiger partial charge on any atom is 0.304 e. The van der Waals surface area contributed by atoms with Crippen molar-refractivity contribution in [2.75, 3.05) is 18.8 Å². The lowest BCUT2D eigenvalue weighted by atomic mass is 9.91. The summed E-state index contributed by atoms with van der Waals surface area (Å²) in [4.78, 5) is 33.1. The van der Waals surface area contributed by atoms with E-state index in [0.29, 0.717) is 18.8 Å². The molecule has 0 saturated heterocycles. The van der Waals surface area contributed by atoms with Crippen molar-refractivity contribution in [2.45, 2.75) is 34.1 Å². The molecule has 6 heteroatoms. The third-order valence-corrected chi connectivity index (χ3v) is 3.78. The van der Waals surface area contributed by atoms with Gasteiger partial charge in [0.1, 0.15) is 6.29 Å². The standard InChI is InChI=1S/C13H23NO4S/c1-12(2,9-15)8-14-5-6-19-11(18)13(3,4)7-10(16)17/h9,14H,5-8H2,1-4H3,(H,16,17). The Balaban J connectivity index is 3.92. The molecule has 0 aromatic carbocycles. The highest BCUT2D eigenvalue weighted by molar-refractivity contribution is 8.13. The first kappa shape index (κ1) is 18.1. The van der Waals surface area contributed by atoms with E-state index in [1.54, 1.807) is 13.8 Å². The van der Waals surface area contributed by atoms with Crippen molar-refractivity contribution in [3.63, 3.8) is 0 Å². The van der Waals surface area contributed by atoms with Crippen molar-refractivity contribution in [3.8, 4) is 0 Å². The van der Waals surface area contributed by atoms with Gasteiger partial charge in [0.15, 0.2) is 5.12 Å². The van der Waals surface area contributed by atoms with Crippen molar-refractivity contribution in [1.29, 1.82) is 0 Å². The molecule has 0 aliphatic rings. The zero-order valence-electron chi connectivity index (χ0n) is 12.0. The number of carbonyl (C=O) groups is 3. The smallest absolute Gasteiger partial charge is 0.304 e. The zero-order valence-corrected chi connectivity index (χ0v) is 12.8. The Morgan fingerprint density at radius 2 is 1.84 bits per heavy atom. The van der Waals surface area contributed by atoms with Crippen LogP contribution in [-0.4, -0.2) is 41.3 Å². The largest absolute Gasteiger partial charge is 0.481 e. The molecule has 0 amide bonds. The summed E-state index contributed by atoms with van der Waals surface area (Å²) in [6, 6.07) is 0. The summed E-state index contributed by atoms with van der Waals surface area (Å²) in [5.74, 6) is -0.401. The number of aliphatic carboxylic acids is 1. The molecule has 0 saturated carbocycles. The van der Waals surface area contributed by atoms with E-state index in [2.05, 4.69) is 5.32 Å². The molecule has 5 nitrogen and oxygen atoms in total. The van der Waals surface area contributed by atoms with E-state index in [1.165, 1.54) is 0 Å². The molecule has 2 N–H and O–H groups in total. The van der Waals surface area contributed by atoms with Crippen LogP contribution in [0.4, 0.5) is 0 Å². The van der Waals surface area contributed by atoms with Crippen LogP contribution in [0.5, 0.6) is 0 Å².